The molecule has 1 aliphatic heterocycles. The van der Waals surface area contributed by atoms with Gasteiger partial charge < -0.3 is 5.43 Å². The van der Waals surface area contributed by atoms with Crippen LogP contribution in [0.15, 0.2) is 53.6 Å². The van der Waals surface area contributed by atoms with Gasteiger partial charge in [0.25, 0.3) is 0 Å². The third-order valence-electron chi connectivity index (χ3n) is 3.64. The molecular formula is C16H13N3. The molecular weight excluding hydrogens is 234 g/mol. The van der Waals surface area contributed by atoms with E-state index in [1.165, 1.54) is 16.3 Å². The summed E-state index contributed by atoms with van der Waals surface area (Å²) < 4.78 is 0. The predicted molar refractivity (Wildman–Crippen MR) is 78.2 cm³/mol. The molecule has 0 radical (unpaired) electrons. The van der Waals surface area contributed by atoms with Crippen molar-refractivity contribution in [2.75, 3.05) is 0 Å². The number of hydrogen-bond acceptors (Lipinski definition) is 3. The highest BCUT2D eigenvalue weighted by Crippen LogP contribution is 2.32. The molecule has 0 saturated carbocycles. The van der Waals surface area contributed by atoms with E-state index >= 15 is 0 Å². The van der Waals surface area contributed by atoms with Gasteiger partial charge in [-0.15, -0.1) is 0 Å². The molecule has 1 unspecified atom stereocenters. The Balaban J connectivity index is 2.13. The molecule has 0 fully saturated rings. The number of para-hydroxylation sites is 2. The van der Waals surface area contributed by atoms with Gasteiger partial charge in [-0.2, -0.15) is 5.10 Å². The van der Waals surface area contributed by atoms with Gasteiger partial charge in [0.2, 0.25) is 0 Å². The third kappa shape index (κ3) is 1.58. The summed E-state index contributed by atoms with van der Waals surface area (Å²) in [6.07, 6.45) is 2.87. The average Bonchev–Trinajstić information content (AvgIpc) is 2.98. The monoisotopic (exact) mass is 247 g/mol. The molecule has 3 heteroatoms. The molecule has 3 nitrogen and oxygen atoms in total. The van der Waals surface area contributed by atoms with Crippen molar-refractivity contribution in [3.05, 3.63) is 54.1 Å². The lowest BCUT2D eigenvalue weighted by molar-refractivity contribution is 0.628. The van der Waals surface area contributed by atoms with Crippen molar-refractivity contribution in [3.8, 4) is 0 Å². The maximum absolute atomic E-state index is 4.74. The first kappa shape index (κ1) is 10.5. The van der Waals surface area contributed by atoms with Crippen molar-refractivity contribution >= 4 is 28.0 Å². The van der Waals surface area contributed by atoms with E-state index in [4.69, 9.17) is 4.98 Å². The van der Waals surface area contributed by atoms with Crippen LogP contribution in [0, 0.1) is 0 Å². The molecule has 0 spiro atoms. The van der Waals surface area contributed by atoms with Crippen molar-refractivity contribution in [1.82, 2.24) is 10.4 Å². The number of fused-ring (bicyclic) bond motifs is 2. The van der Waals surface area contributed by atoms with E-state index < -0.39 is 0 Å². The largest absolute Gasteiger partial charge is 0.302 e. The molecule has 0 amide bonds. The van der Waals surface area contributed by atoms with Gasteiger partial charge in [-0.05, 0) is 17.7 Å². The summed E-state index contributed by atoms with van der Waals surface area (Å²) in [5.41, 5.74) is 6.60. The molecule has 1 atom stereocenters. The Labute approximate surface area is 111 Å². The van der Waals surface area contributed by atoms with E-state index in [1.54, 1.807) is 0 Å². The Morgan fingerprint density at radius 2 is 1.53 bits per heavy atom. The van der Waals surface area contributed by atoms with Crippen LogP contribution in [0.4, 0.5) is 0 Å². The molecule has 2 heterocycles. The first-order chi connectivity index (χ1) is 9.43. The first-order valence-electron chi connectivity index (χ1n) is 6.48. The number of hydrogen-bond donors (Lipinski definition) is 1. The number of benzene rings is 2. The summed E-state index contributed by atoms with van der Waals surface area (Å²) in [5.74, 6) is 0. The summed E-state index contributed by atoms with van der Waals surface area (Å²) in [5, 5.41) is 6.58. The van der Waals surface area contributed by atoms with Gasteiger partial charge in [0.05, 0.1) is 17.1 Å². The first-order valence-corrected chi connectivity index (χ1v) is 6.48. The van der Waals surface area contributed by atoms with E-state index in [-0.39, 0.29) is 6.04 Å². The number of aromatic nitrogens is 1. The van der Waals surface area contributed by atoms with Crippen molar-refractivity contribution in [1.29, 1.82) is 0 Å². The van der Waals surface area contributed by atoms with Crippen LogP contribution in [0.3, 0.4) is 0 Å². The summed E-state index contributed by atoms with van der Waals surface area (Å²) in [6.45, 7) is 0. The summed E-state index contributed by atoms with van der Waals surface area (Å²) in [6, 6.07) is 16.9. The lowest BCUT2D eigenvalue weighted by Gasteiger charge is -2.16. The minimum Gasteiger partial charge on any atom is -0.302 e. The fourth-order valence-corrected chi connectivity index (χ4v) is 2.78. The lowest BCUT2D eigenvalue weighted by Crippen LogP contribution is -2.11. The lowest BCUT2D eigenvalue weighted by atomic mass is 9.96. The highest BCUT2D eigenvalue weighted by molar-refractivity contribution is 5.98. The SMILES string of the molecule is C1=NNC(c2c3ccccc3nc3ccccc23)C1. The zero-order chi connectivity index (χ0) is 12.7. The van der Waals surface area contributed by atoms with Crippen LogP contribution in [0.1, 0.15) is 18.0 Å². The number of hydrazone groups is 1. The topological polar surface area (TPSA) is 37.3 Å². The van der Waals surface area contributed by atoms with Crippen molar-refractivity contribution in [2.45, 2.75) is 12.5 Å². The van der Waals surface area contributed by atoms with Gasteiger partial charge >= 0.3 is 0 Å². The zero-order valence-electron chi connectivity index (χ0n) is 10.4. The van der Waals surface area contributed by atoms with E-state index in [9.17, 15) is 0 Å². The van der Waals surface area contributed by atoms with Crippen LogP contribution in [-0.4, -0.2) is 11.2 Å². The standard InChI is InChI=1S/C16H13N3/c1-3-7-13-11(5-1)16(15-9-10-17-19-15)12-6-2-4-8-14(12)18-13/h1-8,10,15,19H,9H2. The summed E-state index contributed by atoms with van der Waals surface area (Å²) in [4.78, 5) is 4.74. The van der Waals surface area contributed by atoms with Crippen molar-refractivity contribution in [2.24, 2.45) is 5.10 Å². The van der Waals surface area contributed by atoms with Crippen LogP contribution in [0.2, 0.25) is 0 Å². The van der Waals surface area contributed by atoms with Gasteiger partial charge in [-0.25, -0.2) is 4.98 Å². The van der Waals surface area contributed by atoms with E-state index in [0.29, 0.717) is 0 Å². The summed E-state index contributed by atoms with van der Waals surface area (Å²) >= 11 is 0. The maximum atomic E-state index is 4.74. The van der Waals surface area contributed by atoms with Crippen LogP contribution < -0.4 is 5.43 Å². The van der Waals surface area contributed by atoms with Gasteiger partial charge in [0.1, 0.15) is 0 Å². The number of nitrogens with one attached hydrogen (secondary N) is 1. The molecule has 0 saturated heterocycles. The second-order valence-corrected chi connectivity index (χ2v) is 4.79. The number of rotatable bonds is 1. The molecule has 92 valence electrons. The molecule has 1 aromatic heterocycles. The van der Waals surface area contributed by atoms with Crippen molar-refractivity contribution in [3.63, 3.8) is 0 Å². The Kier molecular flexibility index (Phi) is 2.24. The van der Waals surface area contributed by atoms with Crippen LogP contribution in [-0.2, 0) is 0 Å². The Morgan fingerprint density at radius 1 is 0.895 bits per heavy atom. The van der Waals surface area contributed by atoms with E-state index in [2.05, 4.69) is 46.9 Å². The molecule has 1 N–H and O–H groups in total. The van der Waals surface area contributed by atoms with Gasteiger partial charge in [0, 0.05) is 23.4 Å². The quantitative estimate of drug-likeness (QED) is 0.669. The highest BCUT2D eigenvalue weighted by atomic mass is 15.3. The average molecular weight is 247 g/mol. The molecule has 0 aliphatic carbocycles. The smallest absolute Gasteiger partial charge is 0.0752 e. The molecule has 19 heavy (non-hydrogen) atoms. The molecule has 4 rings (SSSR count). The third-order valence-corrected chi connectivity index (χ3v) is 3.64. The molecule has 1 aliphatic rings. The van der Waals surface area contributed by atoms with Crippen molar-refractivity contribution < 1.29 is 0 Å². The molecule has 2 aromatic carbocycles. The van der Waals surface area contributed by atoms with Gasteiger partial charge in [-0.1, -0.05) is 36.4 Å². The van der Waals surface area contributed by atoms with Crippen LogP contribution in [0.25, 0.3) is 21.8 Å². The second-order valence-electron chi connectivity index (χ2n) is 4.79. The number of nitrogens with zero attached hydrogens (tertiary/aromatic N) is 2. The van der Waals surface area contributed by atoms with E-state index in [0.717, 1.165) is 17.5 Å². The maximum Gasteiger partial charge on any atom is 0.0752 e. The van der Waals surface area contributed by atoms with Crippen LogP contribution in [0.5, 0.6) is 0 Å². The fourth-order valence-electron chi connectivity index (χ4n) is 2.78. The van der Waals surface area contributed by atoms with Gasteiger partial charge in [-0.3, -0.25) is 0 Å². The minimum absolute atomic E-state index is 0.248. The highest BCUT2D eigenvalue weighted by Gasteiger charge is 2.19. The predicted octanol–water partition coefficient (Wildman–Crippen LogP) is 3.41. The summed E-state index contributed by atoms with van der Waals surface area (Å²) in [7, 11) is 0. The number of pyridine rings is 1. The Morgan fingerprint density at radius 3 is 2.11 bits per heavy atom. The van der Waals surface area contributed by atoms with Crippen LogP contribution >= 0.6 is 0 Å². The zero-order valence-corrected chi connectivity index (χ0v) is 10.4. The molecule has 0 bridgehead atoms. The van der Waals surface area contributed by atoms with Gasteiger partial charge in [0.15, 0.2) is 0 Å². The molecule has 3 aromatic rings. The van der Waals surface area contributed by atoms with E-state index in [1.807, 2.05) is 18.3 Å². The fraction of sp³-hybridized carbons (Fsp3) is 0.125. The normalized spacial score (nSPS) is 18.0. The Hall–Kier alpha value is -2.42. The second kappa shape index (κ2) is 4.05. The minimum atomic E-state index is 0.248. The Bertz CT molecular complexity index is 730.